The van der Waals surface area contributed by atoms with E-state index in [0.717, 1.165) is 28.2 Å². The summed E-state index contributed by atoms with van der Waals surface area (Å²) in [5, 5.41) is 4.78. The van der Waals surface area contributed by atoms with Crippen LogP contribution in [0.15, 0.2) is 128 Å². The van der Waals surface area contributed by atoms with Crippen molar-refractivity contribution in [3.63, 3.8) is 0 Å². The molecule has 156 valence electrons. The molecule has 0 aliphatic carbocycles. The van der Waals surface area contributed by atoms with Gasteiger partial charge in [-0.3, -0.25) is 0 Å². The Balaban J connectivity index is 1.66. The molecule has 2 aromatic heterocycles. The molecule has 0 unspecified atom stereocenters. The van der Waals surface area contributed by atoms with E-state index in [0.29, 0.717) is 0 Å². The highest BCUT2D eigenvalue weighted by Gasteiger charge is 2.18. The van der Waals surface area contributed by atoms with Crippen LogP contribution >= 0.6 is 0 Å². The predicted molar refractivity (Wildman–Crippen MR) is 135 cm³/mol. The van der Waals surface area contributed by atoms with Gasteiger partial charge < -0.3 is 0 Å². The molecule has 0 bridgehead atoms. The van der Waals surface area contributed by atoms with Gasteiger partial charge >= 0.3 is 0 Å². The predicted octanol–water partition coefficient (Wildman–Crippen LogP) is 7.40. The van der Waals surface area contributed by atoms with Crippen LogP contribution in [0.1, 0.15) is 0 Å². The molecule has 0 fully saturated rings. The summed E-state index contributed by atoms with van der Waals surface area (Å²) in [5.74, 6) is 0.724. The lowest BCUT2D eigenvalue weighted by atomic mass is 9.88. The first-order chi connectivity index (χ1) is 16.4. The Kier molecular flexibility index (Phi) is 4.78. The highest BCUT2D eigenvalue weighted by Crippen LogP contribution is 2.41. The molecule has 3 heteroatoms. The maximum absolute atomic E-state index is 4.98. The minimum Gasteiger partial charge on any atom is -0.220 e. The second-order valence-electron chi connectivity index (χ2n) is 7.95. The average Bonchev–Trinajstić information content (AvgIpc) is 3.35. The lowest BCUT2D eigenvalue weighted by molar-refractivity contribution is 0.967. The quantitative estimate of drug-likeness (QED) is 0.296. The number of rotatable bonds is 4. The topological polar surface area (TPSA) is 30.2 Å². The molecular weight excluding hydrogens is 402 g/mol. The van der Waals surface area contributed by atoms with E-state index in [-0.39, 0.29) is 0 Å². The molecule has 6 rings (SSSR count). The Hall–Kier alpha value is -4.50. The normalized spacial score (nSPS) is 11.0. The van der Waals surface area contributed by atoms with Gasteiger partial charge in [-0.1, -0.05) is 109 Å². The number of benzene rings is 4. The molecule has 33 heavy (non-hydrogen) atoms. The molecular formula is C30H21N3. The van der Waals surface area contributed by atoms with Gasteiger partial charge in [0.15, 0.2) is 11.5 Å². The zero-order chi connectivity index (χ0) is 22.0. The fraction of sp³-hybridized carbons (Fsp3) is 0. The molecule has 0 saturated heterocycles. The van der Waals surface area contributed by atoms with Crippen LogP contribution in [0.4, 0.5) is 0 Å². The molecule has 0 aliphatic heterocycles. The first kappa shape index (κ1) is 19.2. The molecule has 3 nitrogen and oxygen atoms in total. The van der Waals surface area contributed by atoms with Crippen LogP contribution < -0.4 is 0 Å². The van der Waals surface area contributed by atoms with Crippen molar-refractivity contribution in [2.45, 2.75) is 0 Å². The van der Waals surface area contributed by atoms with Crippen LogP contribution in [-0.2, 0) is 0 Å². The summed E-state index contributed by atoms with van der Waals surface area (Å²) >= 11 is 0. The van der Waals surface area contributed by atoms with E-state index in [4.69, 9.17) is 10.1 Å². The van der Waals surface area contributed by atoms with Gasteiger partial charge in [-0.2, -0.15) is 0 Å². The Morgan fingerprint density at radius 2 is 0.970 bits per heavy atom. The zero-order valence-corrected chi connectivity index (χ0v) is 18.0. The molecule has 2 heterocycles. The summed E-state index contributed by atoms with van der Waals surface area (Å²) in [5.41, 5.74) is 8.77. The Morgan fingerprint density at radius 3 is 1.55 bits per heavy atom. The summed E-state index contributed by atoms with van der Waals surface area (Å²) in [7, 11) is 0. The lowest BCUT2D eigenvalue weighted by Gasteiger charge is -2.16. The number of fused-ring (bicyclic) bond motifs is 1. The number of hydrogen-bond donors (Lipinski definition) is 0. The van der Waals surface area contributed by atoms with E-state index in [1.54, 1.807) is 0 Å². The Morgan fingerprint density at radius 1 is 0.455 bits per heavy atom. The van der Waals surface area contributed by atoms with Gasteiger partial charge in [-0.25, -0.2) is 9.50 Å². The van der Waals surface area contributed by atoms with Gasteiger partial charge in [0.2, 0.25) is 0 Å². The number of pyridine rings is 1. The van der Waals surface area contributed by atoms with Crippen molar-refractivity contribution in [2.24, 2.45) is 0 Å². The third-order valence-electron chi connectivity index (χ3n) is 5.90. The molecule has 0 spiro atoms. The summed E-state index contributed by atoms with van der Waals surface area (Å²) < 4.78 is 1.88. The van der Waals surface area contributed by atoms with Crippen molar-refractivity contribution in [1.29, 1.82) is 0 Å². The SMILES string of the molecule is c1ccc(-c2nc3c(-c4c(-c5ccccc5)cccc4-c4ccccc4)cccn3n2)cc1. The van der Waals surface area contributed by atoms with Crippen LogP contribution in [0.5, 0.6) is 0 Å². The second kappa shape index (κ2) is 8.21. The van der Waals surface area contributed by atoms with Gasteiger partial charge in [-0.05, 0) is 34.4 Å². The number of nitrogens with zero attached hydrogens (tertiary/aromatic N) is 3. The third kappa shape index (κ3) is 3.50. The van der Waals surface area contributed by atoms with E-state index in [1.807, 2.05) is 47.1 Å². The van der Waals surface area contributed by atoms with E-state index >= 15 is 0 Å². The molecule has 4 aromatic carbocycles. The van der Waals surface area contributed by atoms with Crippen molar-refractivity contribution in [3.05, 3.63) is 128 Å². The molecule has 0 radical (unpaired) electrons. The number of aromatic nitrogens is 3. The van der Waals surface area contributed by atoms with Crippen LogP contribution in [0, 0.1) is 0 Å². The monoisotopic (exact) mass is 423 g/mol. The smallest absolute Gasteiger partial charge is 0.182 e. The second-order valence-corrected chi connectivity index (χ2v) is 7.95. The maximum Gasteiger partial charge on any atom is 0.182 e. The van der Waals surface area contributed by atoms with E-state index in [2.05, 4.69) is 84.9 Å². The van der Waals surface area contributed by atoms with Gasteiger partial charge in [-0.15, -0.1) is 5.10 Å². The molecule has 0 aliphatic rings. The fourth-order valence-electron chi connectivity index (χ4n) is 4.37. The van der Waals surface area contributed by atoms with E-state index in [9.17, 15) is 0 Å². The Labute approximate surface area is 192 Å². The standard InChI is InChI=1S/C30H21N3/c1-4-12-22(13-5-1)25-18-10-19-26(23-14-6-2-7-15-23)28(25)27-20-11-21-33-30(27)31-29(32-33)24-16-8-3-9-17-24/h1-21H. The summed E-state index contributed by atoms with van der Waals surface area (Å²) in [6, 6.07) is 41.9. The molecule has 0 atom stereocenters. The third-order valence-corrected chi connectivity index (χ3v) is 5.90. The fourth-order valence-corrected chi connectivity index (χ4v) is 4.37. The molecule has 0 saturated carbocycles. The first-order valence-corrected chi connectivity index (χ1v) is 11.0. The average molecular weight is 424 g/mol. The van der Waals surface area contributed by atoms with Crippen LogP contribution in [0.25, 0.3) is 50.4 Å². The van der Waals surface area contributed by atoms with E-state index < -0.39 is 0 Å². The summed E-state index contributed by atoms with van der Waals surface area (Å²) in [6.45, 7) is 0. The number of hydrogen-bond acceptors (Lipinski definition) is 2. The highest BCUT2D eigenvalue weighted by atomic mass is 15.3. The zero-order valence-electron chi connectivity index (χ0n) is 18.0. The maximum atomic E-state index is 4.98. The van der Waals surface area contributed by atoms with Crippen molar-refractivity contribution in [3.8, 4) is 44.8 Å². The Bertz CT molecular complexity index is 1480. The van der Waals surface area contributed by atoms with Crippen molar-refractivity contribution < 1.29 is 0 Å². The van der Waals surface area contributed by atoms with Gasteiger partial charge in [0, 0.05) is 22.9 Å². The van der Waals surface area contributed by atoms with E-state index in [1.165, 1.54) is 22.3 Å². The molecule has 6 aromatic rings. The van der Waals surface area contributed by atoms with Crippen molar-refractivity contribution >= 4 is 5.65 Å². The van der Waals surface area contributed by atoms with Gasteiger partial charge in [0.1, 0.15) is 0 Å². The van der Waals surface area contributed by atoms with Crippen LogP contribution in [-0.4, -0.2) is 14.6 Å². The van der Waals surface area contributed by atoms with Gasteiger partial charge in [0.05, 0.1) is 0 Å². The lowest BCUT2D eigenvalue weighted by Crippen LogP contribution is -1.94. The molecule has 0 amide bonds. The summed E-state index contributed by atoms with van der Waals surface area (Å²) in [4.78, 5) is 4.98. The molecule has 0 N–H and O–H groups in total. The van der Waals surface area contributed by atoms with Crippen LogP contribution in [0.2, 0.25) is 0 Å². The minimum atomic E-state index is 0.724. The van der Waals surface area contributed by atoms with Gasteiger partial charge in [0.25, 0.3) is 0 Å². The minimum absolute atomic E-state index is 0.724. The van der Waals surface area contributed by atoms with Crippen molar-refractivity contribution in [2.75, 3.05) is 0 Å². The largest absolute Gasteiger partial charge is 0.220 e. The van der Waals surface area contributed by atoms with Crippen LogP contribution in [0.3, 0.4) is 0 Å². The van der Waals surface area contributed by atoms with Crippen molar-refractivity contribution in [1.82, 2.24) is 14.6 Å². The highest BCUT2D eigenvalue weighted by molar-refractivity contribution is 5.98. The summed E-state index contributed by atoms with van der Waals surface area (Å²) in [6.07, 6.45) is 1.96. The first-order valence-electron chi connectivity index (χ1n) is 11.0.